The van der Waals surface area contributed by atoms with Crippen molar-refractivity contribution in [1.29, 1.82) is 0 Å². The van der Waals surface area contributed by atoms with Gasteiger partial charge in [0.05, 0.1) is 12.3 Å². The molecule has 0 atom stereocenters. The second-order valence-corrected chi connectivity index (χ2v) is 3.80. The van der Waals surface area contributed by atoms with Crippen LogP contribution in [0.25, 0.3) is 0 Å². The smallest absolute Gasteiger partial charge is 0.342 e. The fraction of sp³-hybridized carbons (Fsp3) is 0.385. The number of rotatable bonds is 6. The van der Waals surface area contributed by atoms with Crippen LogP contribution in [0.4, 0.5) is 5.69 Å². The van der Waals surface area contributed by atoms with Gasteiger partial charge in [0.1, 0.15) is 5.56 Å². The number of anilines is 1. The average molecular weight is 250 g/mol. The predicted octanol–water partition coefficient (Wildman–Crippen LogP) is 2.40. The number of carbonyl (C=O) groups excluding carboxylic acids is 2. The highest BCUT2D eigenvalue weighted by Gasteiger charge is 2.18. The Labute approximate surface area is 106 Å². The first kappa shape index (κ1) is 14.0. The van der Waals surface area contributed by atoms with Crippen LogP contribution in [0.5, 0.6) is 0 Å². The van der Waals surface area contributed by atoms with Crippen molar-refractivity contribution in [2.24, 2.45) is 0 Å². The van der Waals surface area contributed by atoms with Crippen LogP contribution in [-0.2, 0) is 9.53 Å². The van der Waals surface area contributed by atoms with E-state index in [1.54, 1.807) is 26.1 Å². The van der Waals surface area contributed by atoms with E-state index in [0.29, 0.717) is 36.4 Å². The van der Waals surface area contributed by atoms with Crippen LogP contribution in [0.15, 0.2) is 18.9 Å². The molecule has 0 saturated heterocycles. The number of carbonyl (C=O) groups is 2. The minimum absolute atomic E-state index is 0.153. The first-order chi connectivity index (χ1) is 8.60. The highest BCUT2D eigenvalue weighted by molar-refractivity contribution is 6.02. The molecule has 2 N–H and O–H groups in total. The summed E-state index contributed by atoms with van der Waals surface area (Å²) in [5.74, 6) is -0.588. The van der Waals surface area contributed by atoms with E-state index in [2.05, 4.69) is 16.9 Å². The van der Waals surface area contributed by atoms with Crippen molar-refractivity contribution >= 4 is 17.6 Å². The molecular weight excluding hydrogens is 232 g/mol. The fourth-order valence-electron chi connectivity index (χ4n) is 1.54. The Kier molecular flexibility index (Phi) is 5.17. The minimum Gasteiger partial charge on any atom is -0.462 e. The van der Waals surface area contributed by atoms with Gasteiger partial charge >= 0.3 is 5.97 Å². The fourth-order valence-corrected chi connectivity index (χ4v) is 1.54. The Morgan fingerprint density at radius 2 is 2.28 bits per heavy atom. The van der Waals surface area contributed by atoms with Crippen molar-refractivity contribution in [1.82, 2.24) is 4.98 Å². The number of H-pyrrole nitrogens is 1. The average Bonchev–Trinajstić information content (AvgIpc) is 2.68. The molecule has 1 aromatic heterocycles. The van der Waals surface area contributed by atoms with Crippen LogP contribution in [0, 0.1) is 6.92 Å². The molecule has 0 aromatic carbocycles. The molecule has 1 heterocycles. The molecule has 1 rings (SSSR count). The van der Waals surface area contributed by atoms with Crippen molar-refractivity contribution < 1.29 is 14.3 Å². The lowest BCUT2D eigenvalue weighted by atomic mass is 10.2. The van der Waals surface area contributed by atoms with Gasteiger partial charge < -0.3 is 15.0 Å². The van der Waals surface area contributed by atoms with Gasteiger partial charge in [0.2, 0.25) is 5.91 Å². The van der Waals surface area contributed by atoms with Crippen LogP contribution >= 0.6 is 0 Å². The summed E-state index contributed by atoms with van der Waals surface area (Å²) in [6.45, 7) is 7.35. The van der Waals surface area contributed by atoms with E-state index in [-0.39, 0.29) is 5.91 Å². The molecule has 0 aliphatic carbocycles. The number of hydrogen-bond donors (Lipinski definition) is 2. The zero-order valence-corrected chi connectivity index (χ0v) is 10.7. The molecule has 0 unspecified atom stereocenters. The van der Waals surface area contributed by atoms with Gasteiger partial charge in [-0.05, 0) is 20.3 Å². The van der Waals surface area contributed by atoms with E-state index < -0.39 is 5.97 Å². The molecule has 5 nitrogen and oxygen atoms in total. The van der Waals surface area contributed by atoms with Crippen LogP contribution < -0.4 is 5.32 Å². The lowest BCUT2D eigenvalue weighted by Crippen LogP contribution is -2.14. The number of esters is 1. The molecule has 0 spiro atoms. The van der Waals surface area contributed by atoms with Crippen molar-refractivity contribution in [2.75, 3.05) is 11.9 Å². The SMILES string of the molecule is C=CCCC(=O)Nc1c[nH]c(C)c1C(=O)OCC. The van der Waals surface area contributed by atoms with Crippen molar-refractivity contribution in [2.45, 2.75) is 26.7 Å². The monoisotopic (exact) mass is 250 g/mol. The maximum absolute atomic E-state index is 11.7. The normalized spacial score (nSPS) is 9.89. The van der Waals surface area contributed by atoms with Gasteiger partial charge in [-0.15, -0.1) is 6.58 Å². The largest absolute Gasteiger partial charge is 0.462 e. The van der Waals surface area contributed by atoms with Crippen LogP contribution in [-0.4, -0.2) is 23.5 Å². The third kappa shape index (κ3) is 3.48. The lowest BCUT2D eigenvalue weighted by Gasteiger charge is -2.06. The molecular formula is C13H18N2O3. The maximum atomic E-state index is 11.7. The zero-order chi connectivity index (χ0) is 13.5. The number of ether oxygens (including phenoxy) is 1. The van der Waals surface area contributed by atoms with Gasteiger partial charge in [-0.3, -0.25) is 4.79 Å². The van der Waals surface area contributed by atoms with Crippen LogP contribution in [0.1, 0.15) is 35.8 Å². The summed E-state index contributed by atoms with van der Waals surface area (Å²) in [6, 6.07) is 0. The Morgan fingerprint density at radius 1 is 1.56 bits per heavy atom. The maximum Gasteiger partial charge on any atom is 0.342 e. The number of aryl methyl sites for hydroxylation is 1. The van der Waals surface area contributed by atoms with Gasteiger partial charge in [0.15, 0.2) is 0 Å². The number of aromatic nitrogens is 1. The van der Waals surface area contributed by atoms with E-state index in [4.69, 9.17) is 4.74 Å². The van der Waals surface area contributed by atoms with E-state index in [1.807, 2.05) is 0 Å². The van der Waals surface area contributed by atoms with Crippen molar-refractivity contribution in [3.63, 3.8) is 0 Å². The first-order valence-corrected chi connectivity index (χ1v) is 5.86. The molecule has 0 aliphatic rings. The van der Waals surface area contributed by atoms with Gasteiger partial charge in [0.25, 0.3) is 0 Å². The van der Waals surface area contributed by atoms with E-state index in [0.717, 1.165) is 0 Å². The molecule has 1 aromatic rings. The van der Waals surface area contributed by atoms with Crippen molar-refractivity contribution in [3.05, 3.63) is 30.1 Å². The summed E-state index contributed by atoms with van der Waals surface area (Å²) < 4.78 is 4.94. The second kappa shape index (κ2) is 6.64. The quantitative estimate of drug-likeness (QED) is 0.601. The van der Waals surface area contributed by atoms with E-state index in [9.17, 15) is 9.59 Å². The highest BCUT2D eigenvalue weighted by Crippen LogP contribution is 2.20. The predicted molar refractivity (Wildman–Crippen MR) is 69.5 cm³/mol. The molecule has 0 bridgehead atoms. The summed E-state index contributed by atoms with van der Waals surface area (Å²) in [5, 5.41) is 2.69. The third-order valence-electron chi connectivity index (χ3n) is 2.41. The molecule has 0 saturated carbocycles. The Bertz CT molecular complexity index is 449. The second-order valence-electron chi connectivity index (χ2n) is 3.80. The number of aromatic amines is 1. The molecule has 0 radical (unpaired) electrons. The number of allylic oxidation sites excluding steroid dienone is 1. The first-order valence-electron chi connectivity index (χ1n) is 5.86. The Morgan fingerprint density at radius 3 is 2.89 bits per heavy atom. The number of amides is 1. The number of nitrogens with one attached hydrogen (secondary N) is 2. The van der Waals surface area contributed by atoms with Crippen LogP contribution in [0.3, 0.4) is 0 Å². The van der Waals surface area contributed by atoms with Gasteiger partial charge in [-0.1, -0.05) is 6.08 Å². The molecule has 1 amide bonds. The van der Waals surface area contributed by atoms with E-state index >= 15 is 0 Å². The minimum atomic E-state index is -0.435. The third-order valence-corrected chi connectivity index (χ3v) is 2.41. The molecule has 0 fully saturated rings. The Balaban J connectivity index is 2.80. The standard InChI is InChI=1S/C13H18N2O3/c1-4-6-7-11(16)15-10-8-14-9(3)12(10)13(17)18-5-2/h4,8,14H,1,5-7H2,2-3H3,(H,15,16). The molecule has 5 heteroatoms. The summed E-state index contributed by atoms with van der Waals surface area (Å²) in [6.07, 6.45) is 4.21. The molecule has 0 aliphatic heterocycles. The highest BCUT2D eigenvalue weighted by atomic mass is 16.5. The summed E-state index contributed by atoms with van der Waals surface area (Å²) in [7, 11) is 0. The summed E-state index contributed by atoms with van der Waals surface area (Å²) in [4.78, 5) is 26.2. The molecule has 98 valence electrons. The van der Waals surface area contributed by atoms with E-state index in [1.165, 1.54) is 0 Å². The van der Waals surface area contributed by atoms with Crippen LogP contribution in [0.2, 0.25) is 0 Å². The van der Waals surface area contributed by atoms with Gasteiger partial charge in [-0.25, -0.2) is 4.79 Å². The number of hydrogen-bond acceptors (Lipinski definition) is 3. The lowest BCUT2D eigenvalue weighted by molar-refractivity contribution is -0.116. The van der Waals surface area contributed by atoms with Crippen molar-refractivity contribution in [3.8, 4) is 0 Å². The molecule has 18 heavy (non-hydrogen) atoms. The summed E-state index contributed by atoms with van der Waals surface area (Å²) in [5.41, 5.74) is 1.51. The summed E-state index contributed by atoms with van der Waals surface area (Å²) >= 11 is 0. The van der Waals surface area contributed by atoms with Gasteiger partial charge in [-0.2, -0.15) is 0 Å². The zero-order valence-electron chi connectivity index (χ0n) is 10.7. The Hall–Kier alpha value is -2.04. The van der Waals surface area contributed by atoms with Gasteiger partial charge in [0, 0.05) is 18.3 Å². The topological polar surface area (TPSA) is 71.2 Å².